The highest BCUT2D eigenvalue weighted by molar-refractivity contribution is 6.31. The molecule has 0 saturated carbocycles. The minimum absolute atomic E-state index is 0.202. The minimum atomic E-state index is -0.482. The molecule has 24 heavy (non-hydrogen) atoms. The lowest BCUT2D eigenvalue weighted by atomic mass is 10.2. The molecule has 2 aromatic heterocycles. The van der Waals surface area contributed by atoms with Crippen LogP contribution in [0.5, 0.6) is 0 Å². The highest BCUT2D eigenvalue weighted by Gasteiger charge is 2.16. The van der Waals surface area contributed by atoms with E-state index in [1.54, 1.807) is 30.2 Å². The average Bonchev–Trinajstić information content (AvgIpc) is 3.18. The average molecular weight is 364 g/mol. The fourth-order valence-electron chi connectivity index (χ4n) is 2.21. The van der Waals surface area contributed by atoms with E-state index in [4.69, 9.17) is 23.2 Å². The second kappa shape index (κ2) is 7.07. The number of hydrogen-bond acceptors (Lipinski definition) is 3. The third-order valence-electron chi connectivity index (χ3n) is 3.54. The van der Waals surface area contributed by atoms with Crippen molar-refractivity contribution in [3.8, 4) is 0 Å². The fourth-order valence-corrected chi connectivity index (χ4v) is 2.55. The van der Waals surface area contributed by atoms with Crippen molar-refractivity contribution in [2.24, 2.45) is 0 Å². The maximum Gasteiger partial charge on any atom is 0.249 e. The fraction of sp³-hybridized carbons (Fsp3) is 0.188. The van der Waals surface area contributed by atoms with E-state index >= 15 is 0 Å². The summed E-state index contributed by atoms with van der Waals surface area (Å²) in [5, 5.41) is 12.3. The Bertz CT molecular complexity index is 858. The van der Waals surface area contributed by atoms with Crippen LogP contribution in [-0.2, 0) is 11.3 Å². The van der Waals surface area contributed by atoms with Gasteiger partial charge in [-0.15, -0.1) is 0 Å². The highest BCUT2D eigenvalue weighted by atomic mass is 35.5. The molecule has 0 spiro atoms. The van der Waals surface area contributed by atoms with Crippen LogP contribution in [0.25, 0.3) is 0 Å². The van der Waals surface area contributed by atoms with Crippen molar-refractivity contribution in [3.05, 3.63) is 64.7 Å². The number of carbonyl (C=O) groups is 1. The highest BCUT2D eigenvalue weighted by Crippen LogP contribution is 2.17. The maximum atomic E-state index is 12.3. The molecule has 1 aromatic carbocycles. The number of hydrogen-bond donors (Lipinski definition) is 1. The van der Waals surface area contributed by atoms with Crippen LogP contribution in [0.1, 0.15) is 18.5 Å². The molecule has 1 atom stereocenters. The molecule has 3 rings (SSSR count). The Balaban J connectivity index is 1.65. The van der Waals surface area contributed by atoms with Gasteiger partial charge in [0, 0.05) is 17.4 Å². The first-order chi connectivity index (χ1) is 11.5. The summed E-state index contributed by atoms with van der Waals surface area (Å²) >= 11 is 12.0. The van der Waals surface area contributed by atoms with Gasteiger partial charge in [0.1, 0.15) is 6.04 Å². The largest absolute Gasteiger partial charge is 0.322 e. The zero-order valence-electron chi connectivity index (χ0n) is 12.9. The van der Waals surface area contributed by atoms with Gasteiger partial charge in [-0.3, -0.25) is 14.2 Å². The first-order valence-corrected chi connectivity index (χ1v) is 8.05. The number of aromatic nitrogens is 4. The Hall–Kier alpha value is -2.31. The van der Waals surface area contributed by atoms with Crippen LogP contribution in [-0.4, -0.2) is 25.5 Å². The van der Waals surface area contributed by atoms with Gasteiger partial charge in [-0.1, -0.05) is 41.4 Å². The molecular weight excluding hydrogens is 349 g/mol. The van der Waals surface area contributed by atoms with E-state index in [2.05, 4.69) is 15.5 Å². The van der Waals surface area contributed by atoms with Crippen LogP contribution in [0.2, 0.25) is 10.0 Å². The van der Waals surface area contributed by atoms with Crippen LogP contribution in [0.4, 0.5) is 5.69 Å². The van der Waals surface area contributed by atoms with Gasteiger partial charge in [-0.25, -0.2) is 0 Å². The second-order valence-corrected chi connectivity index (χ2v) is 6.17. The van der Waals surface area contributed by atoms with Crippen molar-refractivity contribution in [1.29, 1.82) is 0 Å². The lowest BCUT2D eigenvalue weighted by Gasteiger charge is -2.11. The quantitative estimate of drug-likeness (QED) is 0.752. The monoisotopic (exact) mass is 363 g/mol. The number of amides is 1. The molecule has 2 heterocycles. The second-order valence-electron chi connectivity index (χ2n) is 5.32. The molecule has 1 N–H and O–H groups in total. The first kappa shape index (κ1) is 16.5. The van der Waals surface area contributed by atoms with Gasteiger partial charge in [0.25, 0.3) is 0 Å². The summed E-state index contributed by atoms with van der Waals surface area (Å²) < 4.78 is 3.22. The van der Waals surface area contributed by atoms with Crippen LogP contribution in [0, 0.1) is 0 Å². The Morgan fingerprint density at radius 2 is 2.00 bits per heavy atom. The normalized spacial score (nSPS) is 12.1. The molecule has 0 fully saturated rings. The van der Waals surface area contributed by atoms with E-state index in [-0.39, 0.29) is 5.91 Å². The Labute approximate surface area is 149 Å². The summed E-state index contributed by atoms with van der Waals surface area (Å²) in [5.74, 6) is -0.202. The van der Waals surface area contributed by atoms with E-state index in [1.807, 2.05) is 24.3 Å². The molecule has 0 radical (unpaired) electrons. The van der Waals surface area contributed by atoms with Crippen LogP contribution in [0.15, 0.2) is 49.1 Å². The summed E-state index contributed by atoms with van der Waals surface area (Å²) in [5.41, 5.74) is 1.57. The van der Waals surface area contributed by atoms with Crippen molar-refractivity contribution in [2.75, 3.05) is 5.32 Å². The minimum Gasteiger partial charge on any atom is -0.322 e. The van der Waals surface area contributed by atoms with Gasteiger partial charge >= 0.3 is 0 Å². The van der Waals surface area contributed by atoms with Gasteiger partial charge in [-0.2, -0.15) is 10.2 Å². The number of benzene rings is 1. The molecule has 0 aliphatic carbocycles. The number of halogens is 2. The van der Waals surface area contributed by atoms with Crippen LogP contribution >= 0.6 is 23.2 Å². The number of nitrogens with one attached hydrogen (secondary N) is 1. The van der Waals surface area contributed by atoms with Crippen molar-refractivity contribution in [3.63, 3.8) is 0 Å². The number of anilines is 1. The molecule has 0 saturated heterocycles. The SMILES string of the molecule is CC(C(=O)Nc1cnn(Cc2ccccc2Cl)c1)n1cc(Cl)cn1. The lowest BCUT2D eigenvalue weighted by Crippen LogP contribution is -2.23. The van der Waals surface area contributed by atoms with Gasteiger partial charge in [0.05, 0.1) is 29.6 Å². The summed E-state index contributed by atoms with van der Waals surface area (Å²) in [6.07, 6.45) is 6.45. The zero-order chi connectivity index (χ0) is 17.1. The van der Waals surface area contributed by atoms with Gasteiger partial charge in [-0.05, 0) is 18.6 Å². The van der Waals surface area contributed by atoms with Crippen LogP contribution < -0.4 is 5.32 Å². The first-order valence-electron chi connectivity index (χ1n) is 7.29. The number of carbonyl (C=O) groups excluding carboxylic acids is 1. The molecule has 3 aromatic rings. The Kier molecular flexibility index (Phi) is 4.87. The van der Waals surface area contributed by atoms with E-state index in [9.17, 15) is 4.79 Å². The van der Waals surface area contributed by atoms with Gasteiger partial charge in [0.15, 0.2) is 0 Å². The standard InChI is InChI=1S/C16H15Cl2N5O/c1-11(23-9-13(17)6-20-23)16(24)21-14-7-19-22(10-14)8-12-4-2-3-5-15(12)18/h2-7,9-11H,8H2,1H3,(H,21,24). The van der Waals surface area contributed by atoms with E-state index in [0.717, 1.165) is 5.56 Å². The molecule has 8 heteroatoms. The number of rotatable bonds is 5. The molecular formula is C16H15Cl2N5O. The molecule has 0 aliphatic heterocycles. The lowest BCUT2D eigenvalue weighted by molar-refractivity contribution is -0.119. The summed E-state index contributed by atoms with van der Waals surface area (Å²) in [6.45, 7) is 2.27. The van der Waals surface area contributed by atoms with E-state index in [0.29, 0.717) is 22.3 Å². The van der Waals surface area contributed by atoms with Gasteiger partial charge in [0.2, 0.25) is 5.91 Å². The molecule has 1 unspecified atom stereocenters. The zero-order valence-corrected chi connectivity index (χ0v) is 14.4. The third kappa shape index (κ3) is 3.77. The summed E-state index contributed by atoms with van der Waals surface area (Å²) in [6, 6.07) is 7.09. The summed E-state index contributed by atoms with van der Waals surface area (Å²) in [4.78, 5) is 12.3. The molecule has 1 amide bonds. The van der Waals surface area contributed by atoms with Crippen molar-refractivity contribution in [1.82, 2.24) is 19.6 Å². The predicted molar refractivity (Wildman–Crippen MR) is 93.4 cm³/mol. The molecule has 6 nitrogen and oxygen atoms in total. The topological polar surface area (TPSA) is 64.7 Å². The van der Waals surface area contributed by atoms with E-state index < -0.39 is 6.04 Å². The Morgan fingerprint density at radius 1 is 1.21 bits per heavy atom. The van der Waals surface area contributed by atoms with E-state index in [1.165, 1.54) is 10.9 Å². The third-order valence-corrected chi connectivity index (χ3v) is 4.10. The molecule has 124 valence electrons. The Morgan fingerprint density at radius 3 is 2.71 bits per heavy atom. The van der Waals surface area contributed by atoms with Crippen molar-refractivity contribution >= 4 is 34.8 Å². The predicted octanol–water partition coefficient (Wildman–Crippen LogP) is 3.63. The van der Waals surface area contributed by atoms with Gasteiger partial charge < -0.3 is 5.32 Å². The molecule has 0 aliphatic rings. The summed E-state index contributed by atoms with van der Waals surface area (Å²) in [7, 11) is 0. The van der Waals surface area contributed by atoms with Crippen molar-refractivity contribution in [2.45, 2.75) is 19.5 Å². The molecule has 0 bridgehead atoms. The number of nitrogens with zero attached hydrogens (tertiary/aromatic N) is 4. The van der Waals surface area contributed by atoms with Crippen molar-refractivity contribution < 1.29 is 4.79 Å². The van der Waals surface area contributed by atoms with Crippen LogP contribution in [0.3, 0.4) is 0 Å². The maximum absolute atomic E-state index is 12.3. The smallest absolute Gasteiger partial charge is 0.249 e.